The van der Waals surface area contributed by atoms with Gasteiger partial charge in [0.25, 0.3) is 5.91 Å². The maximum Gasteiger partial charge on any atom is 0.255 e. The minimum absolute atomic E-state index is 0.192. The Balaban J connectivity index is 2.10. The zero-order valence-electron chi connectivity index (χ0n) is 10.4. The van der Waals surface area contributed by atoms with Crippen molar-refractivity contribution in [3.8, 4) is 0 Å². The quantitative estimate of drug-likeness (QED) is 0.502. The van der Waals surface area contributed by atoms with Crippen molar-refractivity contribution < 1.29 is 10.0 Å². The van der Waals surface area contributed by atoms with Crippen molar-refractivity contribution >= 4 is 17.3 Å². The molecule has 0 atom stereocenters. The van der Waals surface area contributed by atoms with Gasteiger partial charge in [0.1, 0.15) is 0 Å². The third kappa shape index (κ3) is 3.16. The average molecular weight is 255 g/mol. The molecule has 5 nitrogen and oxygen atoms in total. The van der Waals surface area contributed by atoms with Crippen LogP contribution in [0.25, 0.3) is 0 Å². The van der Waals surface area contributed by atoms with E-state index in [9.17, 15) is 4.79 Å². The Hall–Kier alpha value is -2.69. The molecule has 0 aliphatic rings. The highest BCUT2D eigenvalue weighted by Crippen LogP contribution is 2.11. The van der Waals surface area contributed by atoms with Crippen LogP contribution in [-0.4, -0.2) is 21.8 Å². The number of hydrogen-bond acceptors (Lipinski definition) is 4. The molecule has 0 unspecified atom stereocenters. The summed E-state index contributed by atoms with van der Waals surface area (Å²) in [6.45, 7) is 1.70. The maximum absolute atomic E-state index is 11.9. The van der Waals surface area contributed by atoms with Gasteiger partial charge in [-0.15, -0.1) is 0 Å². The fourth-order valence-corrected chi connectivity index (χ4v) is 1.56. The van der Waals surface area contributed by atoms with E-state index in [1.165, 1.54) is 0 Å². The van der Waals surface area contributed by atoms with Crippen molar-refractivity contribution in [3.63, 3.8) is 0 Å². The Morgan fingerprint density at radius 2 is 1.74 bits per heavy atom. The molecule has 1 heterocycles. The highest BCUT2D eigenvalue weighted by Gasteiger charge is 2.05. The first-order chi connectivity index (χ1) is 9.20. The number of carbonyl (C=O) groups is 1. The predicted octanol–water partition coefficient (Wildman–Crippen LogP) is 2.53. The first kappa shape index (κ1) is 12.8. The van der Waals surface area contributed by atoms with E-state index >= 15 is 0 Å². The van der Waals surface area contributed by atoms with Gasteiger partial charge in [0.15, 0.2) is 0 Å². The fraction of sp³-hybridized carbons (Fsp3) is 0.0714. The van der Waals surface area contributed by atoms with E-state index in [-0.39, 0.29) is 5.91 Å². The van der Waals surface area contributed by atoms with Crippen molar-refractivity contribution in [3.05, 3.63) is 59.9 Å². The molecule has 1 aromatic carbocycles. The number of benzene rings is 1. The summed E-state index contributed by atoms with van der Waals surface area (Å²) in [4.78, 5) is 15.7. The number of amides is 1. The smallest absolute Gasteiger partial charge is 0.255 e. The SMILES string of the molecule is C/C(=N/O)c1ccc(NC(=O)c2ccncc2)cc1. The summed E-state index contributed by atoms with van der Waals surface area (Å²) in [6.07, 6.45) is 3.14. The van der Waals surface area contributed by atoms with Crippen LogP contribution in [0.2, 0.25) is 0 Å². The van der Waals surface area contributed by atoms with E-state index in [2.05, 4.69) is 15.5 Å². The highest BCUT2D eigenvalue weighted by molar-refractivity contribution is 6.04. The van der Waals surface area contributed by atoms with Crippen LogP contribution in [0, 0.1) is 0 Å². The zero-order valence-corrected chi connectivity index (χ0v) is 10.4. The molecule has 2 aromatic rings. The lowest BCUT2D eigenvalue weighted by Crippen LogP contribution is -2.11. The van der Waals surface area contributed by atoms with Crippen LogP contribution in [0.15, 0.2) is 53.9 Å². The summed E-state index contributed by atoms with van der Waals surface area (Å²) >= 11 is 0. The van der Waals surface area contributed by atoms with E-state index < -0.39 is 0 Å². The van der Waals surface area contributed by atoms with Gasteiger partial charge in [0, 0.05) is 23.6 Å². The van der Waals surface area contributed by atoms with Crippen molar-refractivity contribution in [1.82, 2.24) is 4.98 Å². The molecule has 0 spiro atoms. The van der Waals surface area contributed by atoms with Crippen molar-refractivity contribution in [2.24, 2.45) is 5.16 Å². The largest absolute Gasteiger partial charge is 0.411 e. The van der Waals surface area contributed by atoms with Crippen LogP contribution >= 0.6 is 0 Å². The second-order valence-corrected chi connectivity index (χ2v) is 3.95. The molecule has 5 heteroatoms. The predicted molar refractivity (Wildman–Crippen MR) is 72.6 cm³/mol. The molecule has 2 rings (SSSR count). The van der Waals surface area contributed by atoms with Crippen LogP contribution < -0.4 is 5.32 Å². The molecule has 0 aliphatic heterocycles. The van der Waals surface area contributed by atoms with Gasteiger partial charge in [-0.3, -0.25) is 9.78 Å². The van der Waals surface area contributed by atoms with Gasteiger partial charge in [0.05, 0.1) is 5.71 Å². The third-order valence-electron chi connectivity index (χ3n) is 2.65. The summed E-state index contributed by atoms with van der Waals surface area (Å²) in [5.41, 5.74) is 2.54. The molecule has 0 fully saturated rings. The minimum atomic E-state index is -0.192. The normalized spacial score (nSPS) is 11.1. The van der Waals surface area contributed by atoms with Crippen LogP contribution in [-0.2, 0) is 0 Å². The number of hydrogen-bond donors (Lipinski definition) is 2. The number of carbonyl (C=O) groups excluding carboxylic acids is 1. The molecule has 1 amide bonds. The highest BCUT2D eigenvalue weighted by atomic mass is 16.4. The van der Waals surface area contributed by atoms with Crippen molar-refractivity contribution in [1.29, 1.82) is 0 Å². The molecule has 0 saturated carbocycles. The first-order valence-corrected chi connectivity index (χ1v) is 5.71. The second kappa shape index (κ2) is 5.77. The van der Waals surface area contributed by atoms with Gasteiger partial charge >= 0.3 is 0 Å². The molecule has 19 heavy (non-hydrogen) atoms. The van der Waals surface area contributed by atoms with Gasteiger partial charge in [-0.25, -0.2) is 0 Å². The lowest BCUT2D eigenvalue weighted by molar-refractivity contribution is 0.102. The van der Waals surface area contributed by atoms with E-state index in [1.807, 2.05) is 0 Å². The summed E-state index contributed by atoms with van der Waals surface area (Å²) in [6, 6.07) is 10.3. The number of nitrogens with one attached hydrogen (secondary N) is 1. The average Bonchev–Trinajstić information content (AvgIpc) is 2.48. The molecule has 0 radical (unpaired) electrons. The molecule has 2 N–H and O–H groups in total. The van der Waals surface area contributed by atoms with E-state index in [4.69, 9.17) is 5.21 Å². The molecule has 0 saturated heterocycles. The standard InChI is InChI=1S/C14H13N3O2/c1-10(17-19)11-2-4-13(5-3-11)16-14(18)12-6-8-15-9-7-12/h2-9,19H,1H3,(H,16,18)/b17-10-. The lowest BCUT2D eigenvalue weighted by Gasteiger charge is -2.06. The number of pyridine rings is 1. The van der Waals surface area contributed by atoms with E-state index in [1.54, 1.807) is 55.7 Å². The summed E-state index contributed by atoms with van der Waals surface area (Å²) in [5, 5.41) is 14.6. The topological polar surface area (TPSA) is 74.6 Å². The zero-order chi connectivity index (χ0) is 13.7. The summed E-state index contributed by atoms with van der Waals surface area (Å²) < 4.78 is 0. The molecule has 0 aliphatic carbocycles. The van der Waals surface area contributed by atoms with E-state index in [0.29, 0.717) is 17.0 Å². The minimum Gasteiger partial charge on any atom is -0.411 e. The Morgan fingerprint density at radius 1 is 1.11 bits per heavy atom. The summed E-state index contributed by atoms with van der Waals surface area (Å²) in [7, 11) is 0. The van der Waals surface area contributed by atoms with Crippen LogP contribution in [0.4, 0.5) is 5.69 Å². The summed E-state index contributed by atoms with van der Waals surface area (Å²) in [5.74, 6) is -0.192. The molecular formula is C14H13N3O2. The Labute approximate surface area is 110 Å². The van der Waals surface area contributed by atoms with Gasteiger partial charge < -0.3 is 10.5 Å². The molecular weight excluding hydrogens is 242 g/mol. The second-order valence-electron chi connectivity index (χ2n) is 3.95. The number of nitrogens with zero attached hydrogens (tertiary/aromatic N) is 2. The Bertz CT molecular complexity index is 592. The Morgan fingerprint density at radius 3 is 2.32 bits per heavy atom. The molecule has 96 valence electrons. The first-order valence-electron chi connectivity index (χ1n) is 5.71. The van der Waals surface area contributed by atoms with Gasteiger partial charge in [-0.1, -0.05) is 17.3 Å². The van der Waals surface area contributed by atoms with E-state index in [0.717, 1.165) is 5.56 Å². The molecule has 0 bridgehead atoms. The Kier molecular flexibility index (Phi) is 3.87. The van der Waals surface area contributed by atoms with Crippen LogP contribution in [0.3, 0.4) is 0 Å². The van der Waals surface area contributed by atoms with Gasteiger partial charge in [-0.2, -0.15) is 0 Å². The fourth-order valence-electron chi connectivity index (χ4n) is 1.56. The monoisotopic (exact) mass is 255 g/mol. The number of rotatable bonds is 3. The molecule has 1 aromatic heterocycles. The third-order valence-corrected chi connectivity index (χ3v) is 2.65. The van der Waals surface area contributed by atoms with Crippen molar-refractivity contribution in [2.75, 3.05) is 5.32 Å². The number of anilines is 1. The van der Waals surface area contributed by atoms with Crippen LogP contribution in [0.1, 0.15) is 22.8 Å². The maximum atomic E-state index is 11.9. The number of oxime groups is 1. The van der Waals surface area contributed by atoms with Gasteiger partial charge in [-0.05, 0) is 36.8 Å². The van der Waals surface area contributed by atoms with Crippen LogP contribution in [0.5, 0.6) is 0 Å². The van der Waals surface area contributed by atoms with Gasteiger partial charge in [0.2, 0.25) is 0 Å². The number of aromatic nitrogens is 1. The lowest BCUT2D eigenvalue weighted by atomic mass is 10.1. The van der Waals surface area contributed by atoms with Crippen molar-refractivity contribution in [2.45, 2.75) is 6.92 Å².